The SMILES string of the molecule is COCc1ccc(C(=O)N2CCc3c([nH]c4ccccc34)C2c2ccc(OC)c(C)c2C)o1. The van der Waals surface area contributed by atoms with Crippen molar-refractivity contribution in [1.82, 2.24) is 9.88 Å². The van der Waals surface area contributed by atoms with Crippen molar-refractivity contribution in [2.75, 3.05) is 20.8 Å². The summed E-state index contributed by atoms with van der Waals surface area (Å²) in [6.07, 6.45) is 0.779. The first-order chi connectivity index (χ1) is 16.0. The molecule has 1 unspecified atom stereocenters. The highest BCUT2D eigenvalue weighted by Gasteiger charge is 2.37. The van der Waals surface area contributed by atoms with Gasteiger partial charge in [-0.05, 0) is 66.8 Å². The fraction of sp³-hybridized carbons (Fsp3) is 0.296. The van der Waals surface area contributed by atoms with E-state index in [1.807, 2.05) is 17.0 Å². The van der Waals surface area contributed by atoms with Crippen LogP contribution >= 0.6 is 0 Å². The molecule has 0 bridgehead atoms. The average molecular weight is 445 g/mol. The van der Waals surface area contributed by atoms with Crippen LogP contribution in [0.4, 0.5) is 0 Å². The molecule has 1 amide bonds. The van der Waals surface area contributed by atoms with Gasteiger partial charge in [0.15, 0.2) is 5.76 Å². The van der Waals surface area contributed by atoms with Crippen molar-refractivity contribution in [2.45, 2.75) is 32.9 Å². The van der Waals surface area contributed by atoms with Gasteiger partial charge in [0.1, 0.15) is 18.1 Å². The number of carbonyl (C=O) groups is 1. The van der Waals surface area contributed by atoms with Crippen LogP contribution in [0.1, 0.15) is 50.3 Å². The first kappa shape index (κ1) is 21.3. The number of hydrogen-bond acceptors (Lipinski definition) is 4. The first-order valence-electron chi connectivity index (χ1n) is 11.2. The van der Waals surface area contributed by atoms with E-state index in [2.05, 4.69) is 43.1 Å². The van der Waals surface area contributed by atoms with E-state index in [0.717, 1.165) is 40.1 Å². The molecular weight excluding hydrogens is 416 g/mol. The lowest BCUT2D eigenvalue weighted by Gasteiger charge is -2.37. The highest BCUT2D eigenvalue weighted by Crippen LogP contribution is 2.41. The third-order valence-corrected chi connectivity index (χ3v) is 6.75. The lowest BCUT2D eigenvalue weighted by atomic mass is 9.88. The van der Waals surface area contributed by atoms with Crippen molar-refractivity contribution in [1.29, 1.82) is 0 Å². The Bertz CT molecular complexity index is 1330. The predicted molar refractivity (Wildman–Crippen MR) is 127 cm³/mol. The zero-order valence-corrected chi connectivity index (χ0v) is 19.4. The van der Waals surface area contributed by atoms with Gasteiger partial charge < -0.3 is 23.8 Å². The second kappa shape index (κ2) is 8.45. The van der Waals surface area contributed by atoms with Gasteiger partial charge in [-0.3, -0.25) is 4.79 Å². The number of nitrogens with zero attached hydrogens (tertiary/aromatic N) is 1. The minimum Gasteiger partial charge on any atom is -0.496 e. The quantitative estimate of drug-likeness (QED) is 0.452. The van der Waals surface area contributed by atoms with Gasteiger partial charge in [-0.1, -0.05) is 24.3 Å². The summed E-state index contributed by atoms with van der Waals surface area (Å²) in [7, 11) is 3.29. The number of hydrogen-bond donors (Lipinski definition) is 1. The van der Waals surface area contributed by atoms with Crippen molar-refractivity contribution < 1.29 is 18.7 Å². The van der Waals surface area contributed by atoms with Crippen molar-refractivity contribution in [3.63, 3.8) is 0 Å². The number of furan rings is 1. The second-order valence-corrected chi connectivity index (χ2v) is 8.52. The fourth-order valence-corrected chi connectivity index (χ4v) is 4.97. The van der Waals surface area contributed by atoms with Crippen LogP contribution in [0, 0.1) is 13.8 Å². The molecule has 6 heteroatoms. The molecule has 2 aromatic heterocycles. The monoisotopic (exact) mass is 444 g/mol. The third kappa shape index (κ3) is 3.51. The number of aromatic nitrogens is 1. The van der Waals surface area contributed by atoms with Crippen LogP contribution in [0.2, 0.25) is 0 Å². The predicted octanol–water partition coefficient (Wildman–Crippen LogP) is 5.32. The Labute approximate surface area is 193 Å². The van der Waals surface area contributed by atoms with Gasteiger partial charge in [0.2, 0.25) is 0 Å². The number of fused-ring (bicyclic) bond motifs is 3. The minimum atomic E-state index is -0.255. The zero-order chi connectivity index (χ0) is 23.1. The zero-order valence-electron chi connectivity index (χ0n) is 19.4. The number of aromatic amines is 1. The number of H-pyrrole nitrogens is 1. The summed E-state index contributed by atoms with van der Waals surface area (Å²) in [4.78, 5) is 19.2. The summed E-state index contributed by atoms with van der Waals surface area (Å²) >= 11 is 0. The average Bonchev–Trinajstić information content (AvgIpc) is 3.45. The van der Waals surface area contributed by atoms with Crippen LogP contribution in [0.15, 0.2) is 52.9 Å². The lowest BCUT2D eigenvalue weighted by molar-refractivity contribution is 0.0651. The largest absolute Gasteiger partial charge is 0.496 e. The molecule has 3 heterocycles. The van der Waals surface area contributed by atoms with Crippen LogP contribution in [0.3, 0.4) is 0 Å². The first-order valence-corrected chi connectivity index (χ1v) is 11.2. The molecule has 1 aliphatic heterocycles. The molecule has 6 nitrogen and oxygen atoms in total. The van der Waals surface area contributed by atoms with Crippen LogP contribution < -0.4 is 4.74 Å². The number of benzene rings is 2. The number of amides is 1. The number of rotatable bonds is 5. The summed E-state index contributed by atoms with van der Waals surface area (Å²) in [5.74, 6) is 1.68. The Morgan fingerprint density at radius 2 is 1.91 bits per heavy atom. The molecule has 0 fully saturated rings. The lowest BCUT2D eigenvalue weighted by Crippen LogP contribution is -2.40. The Hall–Kier alpha value is -3.51. The third-order valence-electron chi connectivity index (χ3n) is 6.75. The van der Waals surface area contributed by atoms with Crippen molar-refractivity contribution in [3.8, 4) is 5.75 Å². The maximum Gasteiger partial charge on any atom is 0.290 e. The number of methoxy groups -OCH3 is 2. The van der Waals surface area contributed by atoms with Crippen molar-refractivity contribution in [3.05, 3.63) is 88.0 Å². The van der Waals surface area contributed by atoms with E-state index in [0.29, 0.717) is 24.7 Å². The number of carbonyl (C=O) groups excluding carboxylic acids is 1. The van der Waals surface area contributed by atoms with E-state index >= 15 is 0 Å². The Morgan fingerprint density at radius 1 is 1.09 bits per heavy atom. The molecule has 0 saturated carbocycles. The molecule has 170 valence electrons. The molecule has 2 aromatic carbocycles. The van der Waals surface area contributed by atoms with Crippen molar-refractivity contribution in [2.24, 2.45) is 0 Å². The molecule has 1 atom stereocenters. The van der Waals surface area contributed by atoms with Gasteiger partial charge in [-0.2, -0.15) is 0 Å². The Morgan fingerprint density at radius 3 is 2.70 bits per heavy atom. The molecule has 4 aromatic rings. The summed E-state index contributed by atoms with van der Waals surface area (Å²) in [5, 5.41) is 1.22. The van der Waals surface area contributed by atoms with Crippen LogP contribution in [-0.4, -0.2) is 36.6 Å². The Balaban J connectivity index is 1.66. The van der Waals surface area contributed by atoms with E-state index < -0.39 is 0 Å². The number of para-hydroxylation sites is 1. The normalized spacial score (nSPS) is 15.6. The highest BCUT2D eigenvalue weighted by atomic mass is 16.5. The van der Waals surface area contributed by atoms with Crippen LogP contribution in [0.5, 0.6) is 5.75 Å². The molecular formula is C27H28N2O4. The maximum absolute atomic E-state index is 13.7. The van der Waals surface area contributed by atoms with E-state index in [-0.39, 0.29) is 11.9 Å². The highest BCUT2D eigenvalue weighted by molar-refractivity contribution is 5.93. The van der Waals surface area contributed by atoms with Crippen LogP contribution in [-0.2, 0) is 17.8 Å². The fourth-order valence-electron chi connectivity index (χ4n) is 4.97. The Kier molecular flexibility index (Phi) is 5.46. The van der Waals surface area contributed by atoms with Gasteiger partial charge in [0.25, 0.3) is 5.91 Å². The molecule has 1 aliphatic rings. The van der Waals surface area contributed by atoms with Gasteiger partial charge in [0.05, 0.1) is 13.2 Å². The molecule has 0 saturated heterocycles. The molecule has 0 radical (unpaired) electrons. The molecule has 33 heavy (non-hydrogen) atoms. The van der Waals surface area contributed by atoms with Crippen LogP contribution in [0.25, 0.3) is 10.9 Å². The topological polar surface area (TPSA) is 67.7 Å². The number of nitrogens with one attached hydrogen (secondary N) is 1. The maximum atomic E-state index is 13.7. The van der Waals surface area contributed by atoms with Gasteiger partial charge in [-0.25, -0.2) is 0 Å². The van der Waals surface area contributed by atoms with Gasteiger partial charge in [-0.15, -0.1) is 0 Å². The summed E-state index contributed by atoms with van der Waals surface area (Å²) in [6.45, 7) is 5.08. The second-order valence-electron chi connectivity index (χ2n) is 8.52. The van der Waals surface area contributed by atoms with Crippen molar-refractivity contribution >= 4 is 16.8 Å². The molecule has 0 aliphatic carbocycles. The van der Waals surface area contributed by atoms with Gasteiger partial charge >= 0.3 is 0 Å². The number of ether oxygens (including phenoxy) is 2. The summed E-state index contributed by atoms with van der Waals surface area (Å²) in [5.41, 5.74) is 6.69. The van der Waals surface area contributed by atoms with E-state index in [9.17, 15) is 4.79 Å². The smallest absolute Gasteiger partial charge is 0.290 e. The summed E-state index contributed by atoms with van der Waals surface area (Å²) in [6, 6.07) is 15.7. The molecule has 1 N–H and O–H groups in total. The van der Waals surface area contributed by atoms with Gasteiger partial charge in [0, 0.05) is 30.3 Å². The molecule has 0 spiro atoms. The minimum absolute atomic E-state index is 0.125. The standard InChI is InChI=1S/C27H28N2O4/c1-16-17(2)23(32-4)12-10-19(16)26-25-21(20-7-5-6-8-22(20)28-25)13-14-29(26)27(30)24-11-9-18(33-24)15-31-3/h5-12,26,28H,13-15H2,1-4H3. The summed E-state index contributed by atoms with van der Waals surface area (Å²) < 4.78 is 16.5. The van der Waals surface area contributed by atoms with E-state index in [1.54, 1.807) is 26.4 Å². The molecule has 5 rings (SSSR count). The van der Waals surface area contributed by atoms with E-state index in [1.165, 1.54) is 10.9 Å². The van der Waals surface area contributed by atoms with E-state index in [4.69, 9.17) is 13.9 Å².